The van der Waals surface area contributed by atoms with Crippen LogP contribution in [-0.4, -0.2) is 17.6 Å². The molecule has 27 rings (SSSR count). The van der Waals surface area contributed by atoms with Gasteiger partial charge in [-0.1, -0.05) is 406 Å². The molecular weight excluding hydrogens is 1690 g/mol. The Morgan fingerprint density at radius 2 is 0.486 bits per heavy atom. The minimum Gasteiger partial charge on any atom is -0.366 e. The predicted octanol–water partition coefficient (Wildman–Crippen LogP) is 36.7. The van der Waals surface area contributed by atoms with E-state index in [4.69, 9.17) is 0 Å². The highest BCUT2D eigenvalue weighted by atomic mass is 15.2. The van der Waals surface area contributed by atoms with E-state index in [0.29, 0.717) is 23.9 Å². The lowest BCUT2D eigenvalue weighted by atomic mass is 9.52. The first kappa shape index (κ1) is 87.4. The fourth-order valence-corrected chi connectivity index (χ4v) is 26.2. The van der Waals surface area contributed by atoms with Crippen LogP contribution in [0.4, 0.5) is 34.1 Å². The van der Waals surface area contributed by atoms with Crippen LogP contribution in [0.25, 0.3) is 110 Å². The standard InChI is InChI=1S/C53H37N.C46H45N.C38H35N/c1-4-15-39(16-5-1)47-24-14-17-40-27-28-41(37-50(40)47)38-29-33-45(34-30-38)54(44-20-8-3-9-21-44)46-35-31-43(32-36-46)53(42-18-6-2-7-19-42)51-25-12-10-22-48(51)49-23-11-13-26-52(49)53;1-4-11-34(12-5-1)36-21-27-42(28-22-36)47(43-29-23-37(24-30-43)35-13-6-2-7-14-35)44-31-25-38(26-32-44)41-20-19-40-17-10-18-45(46(40)33-41)39-15-8-3-9-16-39;1-3-8-31(9-4-1)36-13-7-10-32-14-15-33(23-37(32)36)30-16-18-35(19-17-30)39(34-11-5-2-6-12-34)38-24-27-20-28(25-38)22-29(21-27)26-38/h1-37H;1-20,25-26,31-33,36-37,42-43H,21-24,27-30H2;1-19,23,27-29H,20-22,24-26H2. The van der Waals surface area contributed by atoms with Crippen molar-refractivity contribution in [2.45, 2.75) is 125 Å². The molecule has 6 saturated carbocycles. The van der Waals surface area contributed by atoms with Crippen molar-refractivity contribution in [3.63, 3.8) is 0 Å². The highest BCUT2D eigenvalue weighted by Crippen LogP contribution is 2.61. The summed E-state index contributed by atoms with van der Waals surface area (Å²) in [4.78, 5) is 7.97. The van der Waals surface area contributed by atoms with Gasteiger partial charge in [-0.2, -0.15) is 0 Å². The molecule has 7 aliphatic carbocycles. The number of rotatable bonds is 19. The Morgan fingerprint density at radius 1 is 0.200 bits per heavy atom. The molecule has 20 aromatic carbocycles. The lowest BCUT2D eigenvalue weighted by Gasteiger charge is -2.61. The van der Waals surface area contributed by atoms with Crippen LogP contribution in [0.2, 0.25) is 0 Å². The molecule has 20 aromatic rings. The quantitative estimate of drug-likeness (QED) is 0.0799. The van der Waals surface area contributed by atoms with Crippen molar-refractivity contribution in [2.75, 3.05) is 14.7 Å². The van der Waals surface area contributed by atoms with Gasteiger partial charge in [0, 0.05) is 51.7 Å². The maximum Gasteiger partial charge on any atom is 0.0713 e. The van der Waals surface area contributed by atoms with Crippen LogP contribution in [0.1, 0.15) is 135 Å². The van der Waals surface area contributed by atoms with Gasteiger partial charge < -0.3 is 14.7 Å². The molecule has 680 valence electrons. The summed E-state index contributed by atoms with van der Waals surface area (Å²) in [6.07, 6.45) is 18.7. The smallest absolute Gasteiger partial charge is 0.0713 e. The van der Waals surface area contributed by atoms with Gasteiger partial charge in [0.1, 0.15) is 0 Å². The maximum atomic E-state index is 2.88. The van der Waals surface area contributed by atoms with Crippen molar-refractivity contribution in [1.29, 1.82) is 0 Å². The number of hydrogen-bond acceptors (Lipinski definition) is 3. The molecule has 0 radical (unpaired) electrons. The van der Waals surface area contributed by atoms with Gasteiger partial charge in [-0.3, -0.25) is 0 Å². The summed E-state index contributed by atoms with van der Waals surface area (Å²) in [7, 11) is 0. The maximum absolute atomic E-state index is 2.88. The zero-order chi connectivity index (χ0) is 93.1. The second-order valence-electron chi connectivity index (χ2n) is 40.4. The molecule has 4 bridgehead atoms. The SMILES string of the molecule is c1ccc(-c2cccc3ccc(-c4ccc(N(C5CCC(c6ccccc6)CC5)C5CCC(c6ccccc6)CC5)cc4)cc23)cc1.c1ccc(-c2cccc3ccc(-c4ccc(N(c5ccccc5)C56CC7CC(CC(C7)C5)C6)cc4)cc23)cc1.c1ccc(-c2cccc3ccc(-c4ccc(N(c5ccccc5)c5ccc(C6(c7ccccc7)c7ccccc7-c7ccccc76)cc5)cc4)cc23)cc1. The topological polar surface area (TPSA) is 9.72 Å². The van der Waals surface area contributed by atoms with Gasteiger partial charge in [0.15, 0.2) is 0 Å². The number of benzene rings is 20. The summed E-state index contributed by atoms with van der Waals surface area (Å²) in [5.74, 6) is 4.13. The van der Waals surface area contributed by atoms with Gasteiger partial charge in [-0.25, -0.2) is 0 Å². The molecule has 3 nitrogen and oxygen atoms in total. The first-order valence-corrected chi connectivity index (χ1v) is 51.3. The van der Waals surface area contributed by atoms with Gasteiger partial charge >= 0.3 is 0 Å². The van der Waals surface area contributed by atoms with Crippen molar-refractivity contribution in [3.05, 3.63) is 531 Å². The summed E-state index contributed by atoms with van der Waals surface area (Å²) in [5.41, 5.74) is 33.3. The molecule has 0 N–H and O–H groups in total. The third kappa shape index (κ3) is 17.2. The largest absolute Gasteiger partial charge is 0.366 e. The van der Waals surface area contributed by atoms with Crippen LogP contribution in [0.15, 0.2) is 497 Å². The van der Waals surface area contributed by atoms with Gasteiger partial charge in [0.25, 0.3) is 0 Å². The van der Waals surface area contributed by atoms with E-state index in [0.717, 1.165) is 34.8 Å². The van der Waals surface area contributed by atoms with Gasteiger partial charge in [-0.05, 0) is 354 Å². The van der Waals surface area contributed by atoms with Crippen molar-refractivity contribution in [3.8, 4) is 77.9 Å². The Kier molecular flexibility index (Phi) is 24.3. The Hall–Kier alpha value is -15.4. The number of nitrogens with zero attached hydrogens (tertiary/aromatic N) is 3. The zero-order valence-corrected chi connectivity index (χ0v) is 79.6. The number of anilines is 6. The minimum atomic E-state index is -0.424. The summed E-state index contributed by atoms with van der Waals surface area (Å²) < 4.78 is 0. The van der Waals surface area contributed by atoms with Crippen molar-refractivity contribution in [1.82, 2.24) is 0 Å². The second-order valence-corrected chi connectivity index (χ2v) is 40.4. The van der Waals surface area contributed by atoms with E-state index >= 15 is 0 Å². The average Bonchev–Trinajstić information content (AvgIpc) is 1.57. The van der Waals surface area contributed by atoms with E-state index < -0.39 is 5.41 Å². The van der Waals surface area contributed by atoms with E-state index in [1.165, 1.54) is 251 Å². The van der Waals surface area contributed by atoms with Crippen molar-refractivity contribution >= 4 is 66.4 Å². The number of fused-ring (bicyclic) bond motifs is 6. The van der Waals surface area contributed by atoms with Gasteiger partial charge in [-0.15, -0.1) is 0 Å². The van der Waals surface area contributed by atoms with E-state index in [9.17, 15) is 0 Å². The molecule has 0 atom stereocenters. The van der Waals surface area contributed by atoms with Crippen LogP contribution in [0, 0.1) is 17.8 Å². The van der Waals surface area contributed by atoms with Crippen LogP contribution in [-0.2, 0) is 5.41 Å². The number of hydrogen-bond donors (Lipinski definition) is 0. The third-order valence-electron chi connectivity index (χ3n) is 32.3. The van der Waals surface area contributed by atoms with Crippen LogP contribution in [0.3, 0.4) is 0 Å². The minimum absolute atomic E-state index is 0.269. The van der Waals surface area contributed by atoms with Crippen LogP contribution >= 0.6 is 0 Å². The molecule has 0 heterocycles. The summed E-state index contributed by atoms with van der Waals surface area (Å²) >= 11 is 0. The van der Waals surface area contributed by atoms with E-state index in [1.54, 1.807) is 0 Å². The molecule has 0 aliphatic heterocycles. The summed E-state index contributed by atoms with van der Waals surface area (Å²) in [6.45, 7) is 0. The fourth-order valence-electron chi connectivity index (χ4n) is 26.2. The second kappa shape index (κ2) is 38.9. The average molecular weight is 1810 g/mol. The predicted molar refractivity (Wildman–Crippen MR) is 591 cm³/mol. The molecule has 3 heteroatoms. The van der Waals surface area contributed by atoms with Crippen LogP contribution in [0.5, 0.6) is 0 Å². The molecule has 7 aliphatic rings. The first-order valence-electron chi connectivity index (χ1n) is 51.3. The lowest BCUT2D eigenvalue weighted by molar-refractivity contribution is 0.000554. The highest BCUT2D eigenvalue weighted by molar-refractivity contribution is 6.02. The molecule has 0 unspecified atom stereocenters. The van der Waals surface area contributed by atoms with E-state index in [2.05, 4.69) is 512 Å². The molecule has 140 heavy (non-hydrogen) atoms. The molecular formula is C137H117N3. The zero-order valence-electron chi connectivity index (χ0n) is 79.6. The molecule has 0 saturated heterocycles. The lowest BCUT2D eigenvalue weighted by Crippen LogP contribution is -2.58. The monoisotopic (exact) mass is 1800 g/mol. The normalized spacial score (nSPS) is 19.0. The van der Waals surface area contributed by atoms with E-state index in [1.807, 2.05) is 0 Å². The Balaban J connectivity index is 0.000000115. The molecule has 6 fully saturated rings. The Morgan fingerprint density at radius 3 is 0.871 bits per heavy atom. The first-order chi connectivity index (χ1) is 69.3. The van der Waals surface area contributed by atoms with Gasteiger partial charge in [0.2, 0.25) is 0 Å². The molecule has 0 spiro atoms. The third-order valence-corrected chi connectivity index (χ3v) is 32.3. The molecule has 0 aromatic heterocycles. The highest BCUT2D eigenvalue weighted by Gasteiger charge is 2.54. The summed E-state index contributed by atoms with van der Waals surface area (Å²) in [5, 5.41) is 7.70. The summed E-state index contributed by atoms with van der Waals surface area (Å²) in [6, 6.07) is 184. The van der Waals surface area contributed by atoms with Crippen LogP contribution < -0.4 is 14.7 Å². The number of para-hydroxylation sites is 2. The van der Waals surface area contributed by atoms with Crippen molar-refractivity contribution in [2.24, 2.45) is 17.8 Å². The Labute approximate surface area is 826 Å². The van der Waals surface area contributed by atoms with Gasteiger partial charge in [0.05, 0.1) is 5.41 Å². The Bertz CT molecular complexity index is 7530. The molecule has 0 amide bonds. The van der Waals surface area contributed by atoms with E-state index in [-0.39, 0.29) is 5.54 Å². The fraction of sp³-hybridized carbons (Fsp3) is 0.168. The van der Waals surface area contributed by atoms with Crippen molar-refractivity contribution < 1.29 is 0 Å².